The molecule has 0 saturated heterocycles. The molecule has 0 aliphatic carbocycles. The summed E-state index contributed by atoms with van der Waals surface area (Å²) >= 11 is 0. The lowest BCUT2D eigenvalue weighted by atomic mass is 10.3. The van der Waals surface area contributed by atoms with Crippen molar-refractivity contribution < 1.29 is 0 Å². The molecule has 6 nitrogen and oxygen atoms in total. The fourth-order valence-corrected chi connectivity index (χ4v) is 1.74. The molecule has 0 atom stereocenters. The summed E-state index contributed by atoms with van der Waals surface area (Å²) in [7, 11) is 0. The Morgan fingerprint density at radius 3 is 2.19 bits per heavy atom. The van der Waals surface area contributed by atoms with Gasteiger partial charge in [0.15, 0.2) is 5.82 Å². The Balaban J connectivity index is 1.96. The van der Waals surface area contributed by atoms with Crippen LogP contribution < -0.4 is 5.01 Å². The standard InChI is InChI=1S/C15H12N6/c1-3-7-13(8-4-1)17-20-21(14-9-5-2-6-10-14)15-11-12-16-19-18-15/h1-12H. The molecule has 1 aromatic heterocycles. The largest absolute Gasteiger partial charge is 0.195 e. The van der Waals surface area contributed by atoms with Crippen LogP contribution in [-0.4, -0.2) is 15.4 Å². The SMILES string of the molecule is c1ccc(N=NN(c2ccccc2)c2ccnnn2)cc1. The third kappa shape index (κ3) is 3.24. The van der Waals surface area contributed by atoms with Gasteiger partial charge in [-0.3, -0.25) is 0 Å². The Kier molecular flexibility index (Phi) is 3.88. The highest BCUT2D eigenvalue weighted by molar-refractivity contribution is 5.57. The third-order valence-corrected chi connectivity index (χ3v) is 2.71. The van der Waals surface area contributed by atoms with Crippen molar-refractivity contribution in [2.45, 2.75) is 0 Å². The highest BCUT2D eigenvalue weighted by Gasteiger charge is 2.09. The second-order valence-corrected chi connectivity index (χ2v) is 4.15. The van der Waals surface area contributed by atoms with Crippen LogP contribution in [0.15, 0.2) is 83.3 Å². The minimum atomic E-state index is 0.552. The molecule has 21 heavy (non-hydrogen) atoms. The van der Waals surface area contributed by atoms with Gasteiger partial charge < -0.3 is 0 Å². The van der Waals surface area contributed by atoms with E-state index in [-0.39, 0.29) is 0 Å². The molecule has 0 fully saturated rings. The average molecular weight is 276 g/mol. The molecule has 0 aliphatic rings. The van der Waals surface area contributed by atoms with Crippen molar-refractivity contribution in [3.63, 3.8) is 0 Å². The quantitative estimate of drug-likeness (QED) is 0.538. The van der Waals surface area contributed by atoms with Gasteiger partial charge in [-0.25, -0.2) is 0 Å². The number of para-hydroxylation sites is 1. The molecule has 0 spiro atoms. The predicted molar refractivity (Wildman–Crippen MR) is 79.4 cm³/mol. The second kappa shape index (κ2) is 6.33. The van der Waals surface area contributed by atoms with Crippen LogP contribution in [0.3, 0.4) is 0 Å². The van der Waals surface area contributed by atoms with Crippen molar-refractivity contribution in [3.8, 4) is 0 Å². The van der Waals surface area contributed by atoms with E-state index in [1.807, 2.05) is 60.7 Å². The van der Waals surface area contributed by atoms with Crippen molar-refractivity contribution in [1.82, 2.24) is 15.4 Å². The summed E-state index contributed by atoms with van der Waals surface area (Å²) in [6, 6.07) is 20.9. The van der Waals surface area contributed by atoms with Gasteiger partial charge in [-0.15, -0.1) is 15.3 Å². The molecule has 6 heteroatoms. The first-order valence-corrected chi connectivity index (χ1v) is 6.40. The van der Waals surface area contributed by atoms with Crippen LogP contribution in [0, 0.1) is 0 Å². The Morgan fingerprint density at radius 2 is 1.52 bits per heavy atom. The van der Waals surface area contributed by atoms with Gasteiger partial charge >= 0.3 is 0 Å². The fraction of sp³-hybridized carbons (Fsp3) is 0. The van der Waals surface area contributed by atoms with Gasteiger partial charge in [-0.05, 0) is 29.5 Å². The number of benzene rings is 2. The van der Waals surface area contributed by atoms with Crippen LogP contribution in [0.2, 0.25) is 0 Å². The zero-order chi connectivity index (χ0) is 14.3. The summed E-state index contributed by atoms with van der Waals surface area (Å²) in [6.07, 6.45) is 1.57. The number of nitrogens with zero attached hydrogens (tertiary/aromatic N) is 6. The average Bonchev–Trinajstić information content (AvgIpc) is 2.58. The Bertz CT molecular complexity index is 661. The van der Waals surface area contributed by atoms with Gasteiger partial charge in [0.05, 0.1) is 17.6 Å². The Hall–Kier alpha value is -3.15. The van der Waals surface area contributed by atoms with Crippen molar-refractivity contribution in [2.75, 3.05) is 5.01 Å². The van der Waals surface area contributed by atoms with E-state index in [1.165, 1.54) is 0 Å². The predicted octanol–water partition coefficient (Wildman–Crippen LogP) is 3.71. The smallest absolute Gasteiger partial charge is 0.181 e. The molecule has 0 saturated carbocycles. The molecule has 3 rings (SSSR count). The lowest BCUT2D eigenvalue weighted by molar-refractivity contribution is 0.829. The minimum absolute atomic E-state index is 0.552. The number of rotatable bonds is 4. The van der Waals surface area contributed by atoms with Gasteiger partial charge in [0.2, 0.25) is 0 Å². The maximum absolute atomic E-state index is 4.26. The van der Waals surface area contributed by atoms with E-state index in [1.54, 1.807) is 17.3 Å². The molecular formula is C15H12N6. The van der Waals surface area contributed by atoms with Crippen LogP contribution in [0.1, 0.15) is 0 Å². The topological polar surface area (TPSA) is 66.6 Å². The molecule has 0 unspecified atom stereocenters. The van der Waals surface area contributed by atoms with Crippen LogP contribution >= 0.6 is 0 Å². The van der Waals surface area contributed by atoms with Crippen molar-refractivity contribution in [1.29, 1.82) is 0 Å². The lowest BCUT2D eigenvalue weighted by Crippen LogP contribution is -2.10. The number of aromatic nitrogens is 3. The number of hydrogen-bond acceptors (Lipinski definition) is 5. The van der Waals surface area contributed by atoms with Gasteiger partial charge in [-0.1, -0.05) is 41.6 Å². The van der Waals surface area contributed by atoms with Gasteiger partial charge in [0.25, 0.3) is 0 Å². The monoisotopic (exact) mass is 276 g/mol. The van der Waals surface area contributed by atoms with Crippen molar-refractivity contribution >= 4 is 17.2 Å². The maximum atomic E-state index is 4.26. The van der Waals surface area contributed by atoms with E-state index in [4.69, 9.17) is 0 Å². The fourth-order valence-electron chi connectivity index (χ4n) is 1.74. The number of hydrogen-bond donors (Lipinski definition) is 0. The first kappa shape index (κ1) is 12.9. The zero-order valence-electron chi connectivity index (χ0n) is 11.1. The molecule has 2 aromatic carbocycles. The van der Waals surface area contributed by atoms with E-state index in [0.29, 0.717) is 5.82 Å². The summed E-state index contributed by atoms with van der Waals surface area (Å²) in [5, 5.41) is 21.4. The summed E-state index contributed by atoms with van der Waals surface area (Å²) in [6.45, 7) is 0. The minimum Gasteiger partial charge on any atom is -0.195 e. The molecule has 0 radical (unpaired) electrons. The number of anilines is 2. The molecule has 1 heterocycles. The van der Waals surface area contributed by atoms with Gasteiger partial charge in [-0.2, -0.15) is 5.01 Å². The van der Waals surface area contributed by atoms with Gasteiger partial charge in [0.1, 0.15) is 0 Å². The van der Waals surface area contributed by atoms with E-state index >= 15 is 0 Å². The van der Waals surface area contributed by atoms with Crippen LogP contribution in [0.5, 0.6) is 0 Å². The third-order valence-electron chi connectivity index (χ3n) is 2.71. The first-order chi connectivity index (χ1) is 10.4. The maximum Gasteiger partial charge on any atom is 0.181 e. The van der Waals surface area contributed by atoms with E-state index in [0.717, 1.165) is 11.4 Å². The van der Waals surface area contributed by atoms with E-state index in [9.17, 15) is 0 Å². The highest BCUT2D eigenvalue weighted by Crippen LogP contribution is 2.24. The van der Waals surface area contributed by atoms with Crippen LogP contribution in [0.25, 0.3) is 0 Å². The molecule has 102 valence electrons. The zero-order valence-corrected chi connectivity index (χ0v) is 11.1. The first-order valence-electron chi connectivity index (χ1n) is 6.40. The van der Waals surface area contributed by atoms with Crippen molar-refractivity contribution in [3.05, 3.63) is 72.9 Å². The lowest BCUT2D eigenvalue weighted by Gasteiger charge is -2.15. The van der Waals surface area contributed by atoms with Crippen LogP contribution in [0.4, 0.5) is 17.2 Å². The van der Waals surface area contributed by atoms with E-state index < -0.39 is 0 Å². The highest BCUT2D eigenvalue weighted by atomic mass is 15.6. The molecule has 0 N–H and O–H groups in total. The molecule has 3 aromatic rings. The van der Waals surface area contributed by atoms with Crippen molar-refractivity contribution in [2.24, 2.45) is 10.3 Å². The van der Waals surface area contributed by atoms with Gasteiger partial charge in [0, 0.05) is 6.07 Å². The Labute approximate surface area is 121 Å². The molecule has 0 amide bonds. The van der Waals surface area contributed by atoms with Crippen LogP contribution in [-0.2, 0) is 0 Å². The molecular weight excluding hydrogens is 264 g/mol. The summed E-state index contributed by atoms with van der Waals surface area (Å²) in [4.78, 5) is 0. The summed E-state index contributed by atoms with van der Waals surface area (Å²) < 4.78 is 0. The molecule has 0 bridgehead atoms. The second-order valence-electron chi connectivity index (χ2n) is 4.15. The Morgan fingerprint density at radius 1 is 0.810 bits per heavy atom. The van der Waals surface area contributed by atoms with E-state index in [2.05, 4.69) is 25.7 Å². The normalized spacial score (nSPS) is 10.7. The summed E-state index contributed by atoms with van der Waals surface area (Å²) in [5.41, 5.74) is 1.61. The summed E-state index contributed by atoms with van der Waals surface area (Å²) in [5.74, 6) is 0.552. The molecule has 0 aliphatic heterocycles.